The number of nitrogens with one attached hydrogen (secondary N) is 1. The van der Waals surface area contributed by atoms with E-state index in [9.17, 15) is 8.78 Å². The molecule has 0 aromatic carbocycles. The van der Waals surface area contributed by atoms with Crippen LogP contribution in [0.15, 0.2) is 18.3 Å². The average molecular weight is 231 g/mol. The molecule has 4 N–H and O–H groups in total. The highest BCUT2D eigenvalue weighted by Gasteiger charge is 2.18. The number of nitrogens with zero attached hydrogens (tertiary/aromatic N) is 1. The maximum atomic E-state index is 12.4. The minimum Gasteiger partial charge on any atom is -0.395 e. The van der Waals surface area contributed by atoms with E-state index < -0.39 is 12.5 Å². The second-order valence-corrected chi connectivity index (χ2v) is 3.33. The van der Waals surface area contributed by atoms with Crippen molar-refractivity contribution in [2.24, 2.45) is 0 Å². The molecule has 1 unspecified atom stereocenters. The van der Waals surface area contributed by atoms with Crippen molar-refractivity contribution in [2.45, 2.75) is 18.9 Å². The summed E-state index contributed by atoms with van der Waals surface area (Å²) < 4.78 is 24.7. The summed E-state index contributed by atoms with van der Waals surface area (Å²) in [6, 6.07) is 2.71. The van der Waals surface area contributed by atoms with Gasteiger partial charge < -0.3 is 16.2 Å². The molecule has 1 heterocycles. The largest absolute Gasteiger partial charge is 0.395 e. The van der Waals surface area contributed by atoms with Crippen LogP contribution in [0.1, 0.15) is 18.0 Å². The average Bonchev–Trinajstić information content (AvgIpc) is 2.24. The summed E-state index contributed by atoms with van der Waals surface area (Å²) in [4.78, 5) is 3.85. The van der Waals surface area contributed by atoms with E-state index in [-0.39, 0.29) is 25.4 Å². The molecule has 4 nitrogen and oxygen atoms in total. The maximum Gasteiger partial charge on any atom is 0.240 e. The van der Waals surface area contributed by atoms with Crippen LogP contribution in [0.3, 0.4) is 0 Å². The Morgan fingerprint density at radius 1 is 1.50 bits per heavy atom. The molecule has 0 saturated carbocycles. The lowest BCUT2D eigenvalue weighted by atomic mass is 10.0. The number of nitrogen functional groups attached to an aromatic ring is 1. The topological polar surface area (TPSA) is 71.2 Å². The molecule has 16 heavy (non-hydrogen) atoms. The van der Waals surface area contributed by atoms with E-state index in [4.69, 9.17) is 10.8 Å². The lowest BCUT2D eigenvalue weighted by Gasteiger charge is -2.19. The lowest BCUT2D eigenvalue weighted by Crippen LogP contribution is -2.27. The molecule has 0 saturated heterocycles. The van der Waals surface area contributed by atoms with Crippen LogP contribution in [0.4, 0.5) is 14.6 Å². The zero-order valence-corrected chi connectivity index (χ0v) is 8.74. The molecule has 0 amide bonds. The van der Waals surface area contributed by atoms with Crippen molar-refractivity contribution < 1.29 is 13.9 Å². The number of aliphatic hydroxyl groups excluding tert-OH is 1. The van der Waals surface area contributed by atoms with Gasteiger partial charge in [-0.2, -0.15) is 0 Å². The Morgan fingerprint density at radius 3 is 2.81 bits per heavy atom. The van der Waals surface area contributed by atoms with Gasteiger partial charge in [0.1, 0.15) is 5.82 Å². The first-order valence-electron chi connectivity index (χ1n) is 4.98. The summed E-state index contributed by atoms with van der Waals surface area (Å²) in [5.74, 6) is 0.235. The summed E-state index contributed by atoms with van der Waals surface area (Å²) in [5.41, 5.74) is 6.15. The van der Waals surface area contributed by atoms with Gasteiger partial charge in [0.2, 0.25) is 6.43 Å². The predicted molar refractivity (Wildman–Crippen MR) is 57.1 cm³/mol. The minimum atomic E-state index is -2.43. The Labute approximate surface area is 92.5 Å². The summed E-state index contributed by atoms with van der Waals surface area (Å²) in [6.07, 6.45) is -1.28. The van der Waals surface area contributed by atoms with Crippen molar-refractivity contribution in [3.63, 3.8) is 0 Å². The van der Waals surface area contributed by atoms with Gasteiger partial charge >= 0.3 is 0 Å². The molecule has 1 rings (SSSR count). The highest BCUT2D eigenvalue weighted by atomic mass is 19.3. The first-order chi connectivity index (χ1) is 7.65. The van der Waals surface area contributed by atoms with Gasteiger partial charge in [-0.05, 0) is 6.07 Å². The van der Waals surface area contributed by atoms with Crippen molar-refractivity contribution in [1.29, 1.82) is 0 Å². The molecule has 0 radical (unpaired) electrons. The van der Waals surface area contributed by atoms with E-state index in [0.717, 1.165) is 0 Å². The van der Waals surface area contributed by atoms with E-state index >= 15 is 0 Å². The number of rotatable bonds is 6. The molecule has 90 valence electrons. The zero-order valence-electron chi connectivity index (χ0n) is 8.74. The highest BCUT2D eigenvalue weighted by molar-refractivity contribution is 5.40. The number of halogens is 2. The van der Waals surface area contributed by atoms with Crippen LogP contribution in [0.2, 0.25) is 0 Å². The van der Waals surface area contributed by atoms with Crippen LogP contribution < -0.4 is 11.1 Å². The number of hydrogen-bond donors (Lipinski definition) is 3. The van der Waals surface area contributed by atoms with Gasteiger partial charge in [0.25, 0.3) is 0 Å². The van der Waals surface area contributed by atoms with E-state index in [1.165, 1.54) is 6.20 Å². The van der Waals surface area contributed by atoms with Gasteiger partial charge in [-0.25, -0.2) is 13.8 Å². The molecule has 0 spiro atoms. The predicted octanol–water partition coefficient (Wildman–Crippen LogP) is 0.942. The molecule has 1 aromatic rings. The third kappa shape index (κ3) is 3.71. The molecule has 1 atom stereocenters. The lowest BCUT2D eigenvalue weighted by molar-refractivity contribution is 0.120. The molecule has 0 fully saturated rings. The van der Waals surface area contributed by atoms with Crippen LogP contribution in [0, 0.1) is 0 Å². The fourth-order valence-electron chi connectivity index (χ4n) is 1.46. The number of hydrogen-bond acceptors (Lipinski definition) is 4. The van der Waals surface area contributed by atoms with Gasteiger partial charge in [0, 0.05) is 30.8 Å². The zero-order chi connectivity index (χ0) is 12.0. The molecular formula is C10H15F2N3O. The number of nitrogens with two attached hydrogens (primary N) is 1. The highest BCUT2D eigenvalue weighted by Crippen LogP contribution is 2.23. The van der Waals surface area contributed by atoms with E-state index in [2.05, 4.69) is 10.3 Å². The van der Waals surface area contributed by atoms with Crippen molar-refractivity contribution in [1.82, 2.24) is 10.3 Å². The van der Waals surface area contributed by atoms with Gasteiger partial charge in [-0.3, -0.25) is 0 Å². The van der Waals surface area contributed by atoms with Crippen molar-refractivity contribution >= 4 is 5.82 Å². The molecule has 0 aliphatic carbocycles. The second-order valence-electron chi connectivity index (χ2n) is 3.33. The maximum absolute atomic E-state index is 12.4. The fourth-order valence-corrected chi connectivity index (χ4v) is 1.46. The van der Waals surface area contributed by atoms with Crippen molar-refractivity contribution in [3.05, 3.63) is 23.9 Å². The third-order valence-corrected chi connectivity index (χ3v) is 2.16. The number of alkyl halides is 2. The van der Waals surface area contributed by atoms with Gasteiger partial charge in [0.05, 0.1) is 6.61 Å². The molecule has 0 aliphatic rings. The van der Waals surface area contributed by atoms with Crippen LogP contribution in [0.25, 0.3) is 0 Å². The Balaban J connectivity index is 2.78. The Kier molecular flexibility index (Phi) is 5.07. The Morgan fingerprint density at radius 2 is 2.25 bits per heavy atom. The van der Waals surface area contributed by atoms with E-state index in [0.29, 0.717) is 5.56 Å². The van der Waals surface area contributed by atoms with Crippen LogP contribution in [-0.2, 0) is 0 Å². The molecule has 1 aromatic heterocycles. The summed E-state index contributed by atoms with van der Waals surface area (Å²) in [5, 5.41) is 11.5. The first kappa shape index (κ1) is 12.8. The minimum absolute atomic E-state index is 0.111. The Hall–Kier alpha value is -1.27. The van der Waals surface area contributed by atoms with E-state index in [1.54, 1.807) is 12.1 Å². The quantitative estimate of drug-likeness (QED) is 0.681. The van der Waals surface area contributed by atoms with Gasteiger partial charge in [-0.1, -0.05) is 6.07 Å². The fraction of sp³-hybridized carbons (Fsp3) is 0.500. The van der Waals surface area contributed by atoms with E-state index in [1.807, 2.05) is 0 Å². The number of anilines is 1. The molecule has 6 heteroatoms. The van der Waals surface area contributed by atoms with Gasteiger partial charge in [-0.15, -0.1) is 0 Å². The number of aromatic nitrogens is 1. The van der Waals surface area contributed by atoms with Gasteiger partial charge in [0.15, 0.2) is 0 Å². The van der Waals surface area contributed by atoms with Crippen LogP contribution in [-0.4, -0.2) is 29.7 Å². The smallest absolute Gasteiger partial charge is 0.240 e. The molecular weight excluding hydrogens is 216 g/mol. The first-order valence-corrected chi connectivity index (χ1v) is 4.98. The van der Waals surface area contributed by atoms with Crippen LogP contribution in [0.5, 0.6) is 0 Å². The molecule has 0 aliphatic heterocycles. The number of aliphatic hydroxyl groups is 1. The van der Waals surface area contributed by atoms with Crippen molar-refractivity contribution in [2.75, 3.05) is 18.9 Å². The molecule has 0 bridgehead atoms. The normalized spacial score (nSPS) is 13.0. The van der Waals surface area contributed by atoms with Crippen LogP contribution >= 0.6 is 0 Å². The SMILES string of the molecule is Nc1ncccc1C(CC(F)F)NCCO. The van der Waals surface area contributed by atoms with Crippen molar-refractivity contribution in [3.8, 4) is 0 Å². The summed E-state index contributed by atoms with van der Waals surface area (Å²) in [6.45, 7) is 0.131. The Bertz CT molecular complexity index is 323. The number of pyridine rings is 1. The standard InChI is InChI=1S/C10H15F2N3O/c11-9(12)6-8(14-4-5-16)7-2-1-3-15-10(7)13/h1-3,8-9,14,16H,4-6H2,(H2,13,15). The third-order valence-electron chi connectivity index (χ3n) is 2.16. The summed E-state index contributed by atoms with van der Waals surface area (Å²) in [7, 11) is 0. The second kappa shape index (κ2) is 6.34. The summed E-state index contributed by atoms with van der Waals surface area (Å²) >= 11 is 0. The monoisotopic (exact) mass is 231 g/mol.